The Morgan fingerprint density at radius 1 is 0.875 bits per heavy atom. The van der Waals surface area contributed by atoms with Crippen LogP contribution < -0.4 is 0 Å². The minimum atomic E-state index is 0.500. The second-order valence-corrected chi connectivity index (χ2v) is 0.919. The zero-order valence-electron chi connectivity index (χ0n) is 5.07. The first-order valence-corrected chi connectivity index (χ1v) is 2.26. The van der Waals surface area contributed by atoms with Gasteiger partial charge in [-0.05, 0) is 13.8 Å². The van der Waals surface area contributed by atoms with Crippen molar-refractivity contribution in [2.75, 3.05) is 0 Å². The van der Waals surface area contributed by atoms with Gasteiger partial charge in [0, 0.05) is 0 Å². The maximum absolute atomic E-state index is 10.5. The largest absolute Gasteiger partial charge is 0.216 e. The van der Waals surface area contributed by atoms with Gasteiger partial charge in [0.25, 0.3) is 0 Å². The van der Waals surface area contributed by atoms with Crippen molar-refractivity contribution < 1.29 is 8.78 Å². The van der Waals surface area contributed by atoms with Gasteiger partial charge in [-0.15, -0.1) is 0 Å². The smallest absolute Gasteiger partial charge is 0.0824 e. The molecule has 0 spiro atoms. The number of halogens is 2. The van der Waals surface area contributed by atoms with E-state index in [9.17, 15) is 8.78 Å². The highest BCUT2D eigenvalue weighted by atomic mass is 19.1. The van der Waals surface area contributed by atoms with Gasteiger partial charge in [0.15, 0.2) is 0 Å². The molecule has 0 aromatic heterocycles. The summed E-state index contributed by atoms with van der Waals surface area (Å²) in [6.45, 7) is 3.25. The quantitative estimate of drug-likeness (QED) is 0.461. The molecule has 0 aliphatic carbocycles. The second-order valence-electron chi connectivity index (χ2n) is 0.919. The number of rotatable bonds is 0. The summed E-state index contributed by atoms with van der Waals surface area (Å²) in [4.78, 5) is 0. The van der Waals surface area contributed by atoms with Gasteiger partial charge in [-0.3, -0.25) is 0 Å². The molecular weight excluding hydrogens is 110 g/mol. The van der Waals surface area contributed by atoms with Gasteiger partial charge >= 0.3 is 0 Å². The average molecular weight is 120 g/mol. The highest BCUT2D eigenvalue weighted by Gasteiger charge is 1.39. The minimum absolute atomic E-state index is 0.500. The Balaban J connectivity index is 0. The molecule has 0 aromatic carbocycles. The summed E-state index contributed by atoms with van der Waals surface area (Å²) in [6, 6.07) is 0. The molecule has 48 valence electrons. The van der Waals surface area contributed by atoms with E-state index in [-0.39, 0.29) is 0 Å². The van der Waals surface area contributed by atoms with Crippen LogP contribution in [0.1, 0.15) is 13.8 Å². The highest BCUT2D eigenvalue weighted by molar-refractivity contribution is 4.61. The van der Waals surface area contributed by atoms with Gasteiger partial charge in [-0.1, -0.05) is 12.2 Å². The topological polar surface area (TPSA) is 0 Å². The van der Waals surface area contributed by atoms with Crippen LogP contribution in [-0.4, -0.2) is 0 Å². The van der Waals surface area contributed by atoms with Gasteiger partial charge in [0.1, 0.15) is 0 Å². The van der Waals surface area contributed by atoms with Gasteiger partial charge in [0.05, 0.1) is 12.7 Å². The maximum Gasteiger partial charge on any atom is 0.0824 e. The summed E-state index contributed by atoms with van der Waals surface area (Å²) in [5.74, 6) is 0. The fraction of sp³-hybridized carbons (Fsp3) is 0.333. The molecule has 0 atom stereocenters. The molecule has 0 aliphatic rings. The number of allylic oxidation sites excluding steroid dienone is 2. The third-order valence-electron chi connectivity index (χ3n) is 0.252. The minimum Gasteiger partial charge on any atom is -0.216 e. The predicted octanol–water partition coefficient (Wildman–Crippen LogP) is 2.98. The monoisotopic (exact) mass is 120 g/mol. The molecule has 0 bridgehead atoms. The lowest BCUT2D eigenvalue weighted by molar-refractivity contribution is 0.719. The first-order valence-electron chi connectivity index (χ1n) is 2.26. The van der Waals surface area contributed by atoms with Crippen LogP contribution in [-0.2, 0) is 0 Å². The van der Waals surface area contributed by atoms with E-state index in [0.29, 0.717) is 12.7 Å². The first-order chi connectivity index (χ1) is 3.83. The molecule has 0 fully saturated rings. The van der Waals surface area contributed by atoms with Crippen LogP contribution in [0.4, 0.5) is 8.78 Å². The lowest BCUT2D eigenvalue weighted by atomic mass is 10.8. The van der Waals surface area contributed by atoms with Gasteiger partial charge in [-0.25, -0.2) is 8.78 Å². The zero-order valence-corrected chi connectivity index (χ0v) is 5.07. The number of hydrogen-bond acceptors (Lipinski definition) is 0. The Hall–Kier alpha value is -0.660. The van der Waals surface area contributed by atoms with Crippen LogP contribution in [0.25, 0.3) is 0 Å². The average Bonchev–Trinajstić information content (AvgIpc) is 1.88. The van der Waals surface area contributed by atoms with Crippen molar-refractivity contribution in [3.63, 3.8) is 0 Å². The molecule has 8 heavy (non-hydrogen) atoms. The fourth-order valence-corrected chi connectivity index (χ4v) is 0. The van der Waals surface area contributed by atoms with Gasteiger partial charge in [-0.2, -0.15) is 0 Å². The molecule has 0 amide bonds. The molecular formula is C6H10F2. The Morgan fingerprint density at radius 3 is 1.00 bits per heavy atom. The molecule has 0 unspecified atom stereocenters. The number of hydrogen-bond donors (Lipinski definition) is 0. The Morgan fingerprint density at radius 2 is 1.00 bits per heavy atom. The molecule has 0 radical (unpaired) electrons. The summed E-state index contributed by atoms with van der Waals surface area (Å²) in [5, 5.41) is 0. The summed E-state index contributed by atoms with van der Waals surface area (Å²) in [5.41, 5.74) is 0. The normalized spacial score (nSPS) is 9.50. The van der Waals surface area contributed by atoms with Crippen molar-refractivity contribution in [3.05, 3.63) is 24.8 Å². The molecule has 0 aromatic rings. The van der Waals surface area contributed by atoms with Crippen molar-refractivity contribution in [1.82, 2.24) is 0 Å². The van der Waals surface area contributed by atoms with Crippen LogP contribution >= 0.6 is 0 Å². The molecule has 0 N–H and O–H groups in total. The Labute approximate surface area is 48.5 Å². The predicted molar refractivity (Wildman–Crippen MR) is 31.8 cm³/mol. The molecule has 0 saturated carbocycles. The highest BCUT2D eigenvalue weighted by Crippen LogP contribution is 1.63. The maximum atomic E-state index is 10.5. The summed E-state index contributed by atoms with van der Waals surface area (Å²) in [7, 11) is 0. The fourth-order valence-electron chi connectivity index (χ4n) is 0. The van der Waals surface area contributed by atoms with E-state index in [1.165, 1.54) is 12.2 Å². The molecule has 0 nitrogen and oxygen atoms in total. The van der Waals surface area contributed by atoms with Crippen LogP contribution in [0.3, 0.4) is 0 Å². The second kappa shape index (κ2) is 16.2. The van der Waals surface area contributed by atoms with Gasteiger partial charge in [0.2, 0.25) is 0 Å². The van der Waals surface area contributed by atoms with Crippen LogP contribution in [0.15, 0.2) is 24.8 Å². The van der Waals surface area contributed by atoms with Crippen molar-refractivity contribution >= 4 is 0 Å². The van der Waals surface area contributed by atoms with Gasteiger partial charge < -0.3 is 0 Å². The molecule has 0 heterocycles. The standard InChI is InChI=1S/2C3H5F/c2*1-2-3-4/h2*2-3H,1H3. The lowest BCUT2D eigenvalue weighted by Crippen LogP contribution is -1.22. The first kappa shape index (κ1) is 10.3. The molecule has 0 rings (SSSR count). The van der Waals surface area contributed by atoms with Crippen molar-refractivity contribution in [1.29, 1.82) is 0 Å². The van der Waals surface area contributed by atoms with Crippen LogP contribution in [0.5, 0.6) is 0 Å². The third kappa shape index (κ3) is 56.0. The van der Waals surface area contributed by atoms with E-state index in [4.69, 9.17) is 0 Å². The lowest BCUT2D eigenvalue weighted by Gasteiger charge is -1.45. The zero-order chi connectivity index (χ0) is 6.83. The van der Waals surface area contributed by atoms with E-state index in [1.54, 1.807) is 13.8 Å². The molecule has 0 aliphatic heterocycles. The van der Waals surface area contributed by atoms with E-state index in [1.807, 2.05) is 0 Å². The van der Waals surface area contributed by atoms with Crippen molar-refractivity contribution in [2.45, 2.75) is 13.8 Å². The third-order valence-corrected chi connectivity index (χ3v) is 0.252. The Bertz CT molecular complexity index is 46.9. The van der Waals surface area contributed by atoms with E-state index >= 15 is 0 Å². The van der Waals surface area contributed by atoms with E-state index in [2.05, 4.69) is 0 Å². The SMILES string of the molecule is CC=CF.CC=CF. The van der Waals surface area contributed by atoms with Crippen LogP contribution in [0.2, 0.25) is 0 Å². The summed E-state index contributed by atoms with van der Waals surface area (Å²) >= 11 is 0. The van der Waals surface area contributed by atoms with E-state index < -0.39 is 0 Å². The van der Waals surface area contributed by atoms with E-state index in [0.717, 1.165) is 0 Å². The van der Waals surface area contributed by atoms with Crippen molar-refractivity contribution in [3.8, 4) is 0 Å². The van der Waals surface area contributed by atoms with Crippen LogP contribution in [0, 0.1) is 0 Å². The van der Waals surface area contributed by atoms with Crippen molar-refractivity contribution in [2.24, 2.45) is 0 Å². The molecule has 2 heteroatoms. The Kier molecular flexibility index (Phi) is 21.0. The summed E-state index contributed by atoms with van der Waals surface area (Å²) < 4.78 is 21.1. The molecule has 0 saturated heterocycles. The summed E-state index contributed by atoms with van der Waals surface area (Å²) in [6.07, 6.45) is 3.67.